The highest BCUT2D eigenvalue weighted by Crippen LogP contribution is 2.26. The molecule has 0 aromatic heterocycles. The molecule has 1 aliphatic carbocycles. The van der Waals surface area contributed by atoms with Crippen molar-refractivity contribution in [1.29, 1.82) is 0 Å². The molecule has 0 aliphatic heterocycles. The number of amides is 1. The summed E-state index contributed by atoms with van der Waals surface area (Å²) in [5.41, 5.74) is 3.48. The highest BCUT2D eigenvalue weighted by atomic mass is 16.5. The van der Waals surface area contributed by atoms with Crippen LogP contribution in [0.2, 0.25) is 0 Å². The molecule has 3 rings (SSSR count). The number of rotatable bonds is 7. The van der Waals surface area contributed by atoms with Crippen molar-refractivity contribution in [1.82, 2.24) is 0 Å². The van der Waals surface area contributed by atoms with Crippen molar-refractivity contribution < 1.29 is 14.3 Å². The summed E-state index contributed by atoms with van der Waals surface area (Å²) in [4.78, 5) is 12.6. The third-order valence-corrected chi connectivity index (χ3v) is 4.67. The zero-order valence-corrected chi connectivity index (χ0v) is 15.6. The van der Waals surface area contributed by atoms with E-state index in [2.05, 4.69) is 17.4 Å². The Morgan fingerprint density at radius 3 is 2.62 bits per heavy atom. The Morgan fingerprint density at radius 2 is 1.85 bits per heavy atom. The number of hydrogen-bond donors (Lipinski definition) is 1. The summed E-state index contributed by atoms with van der Waals surface area (Å²) in [5, 5.41) is 2.93. The van der Waals surface area contributed by atoms with E-state index in [4.69, 9.17) is 9.47 Å². The lowest BCUT2D eigenvalue weighted by molar-refractivity contribution is -0.122. The number of nitrogens with one attached hydrogen (secondary N) is 1. The van der Waals surface area contributed by atoms with Crippen LogP contribution in [0.5, 0.6) is 11.5 Å². The van der Waals surface area contributed by atoms with Crippen molar-refractivity contribution in [3.63, 3.8) is 0 Å². The van der Waals surface area contributed by atoms with Crippen molar-refractivity contribution in [2.24, 2.45) is 0 Å². The molecule has 0 spiro atoms. The van der Waals surface area contributed by atoms with Gasteiger partial charge < -0.3 is 14.8 Å². The van der Waals surface area contributed by atoms with Gasteiger partial charge in [0.05, 0.1) is 6.61 Å². The standard InChI is InChI=1S/C22H27NO3/c1-3-21(22(24)23-18-10-7-11-19(15-18)25-4-2)26-20-13-12-16-8-5-6-9-17(16)14-20/h7,10-15,21H,3-6,8-9H2,1-2H3,(H,23,24). The molecule has 2 aromatic carbocycles. The summed E-state index contributed by atoms with van der Waals surface area (Å²) in [6.07, 6.45) is 4.81. The van der Waals surface area contributed by atoms with Crippen molar-refractivity contribution in [2.75, 3.05) is 11.9 Å². The molecule has 1 amide bonds. The summed E-state index contributed by atoms with van der Waals surface area (Å²) >= 11 is 0. The first-order chi connectivity index (χ1) is 12.7. The van der Waals surface area contributed by atoms with E-state index in [0.717, 1.165) is 24.3 Å². The molecule has 1 atom stereocenters. The first kappa shape index (κ1) is 18.3. The molecule has 0 fully saturated rings. The fraction of sp³-hybridized carbons (Fsp3) is 0.409. The lowest BCUT2D eigenvalue weighted by Crippen LogP contribution is -2.32. The van der Waals surface area contributed by atoms with E-state index in [9.17, 15) is 4.79 Å². The Labute approximate surface area is 155 Å². The van der Waals surface area contributed by atoms with Crippen molar-refractivity contribution in [3.05, 3.63) is 53.6 Å². The average molecular weight is 353 g/mol. The van der Waals surface area contributed by atoms with Gasteiger partial charge in [-0.1, -0.05) is 19.1 Å². The zero-order chi connectivity index (χ0) is 18.4. The highest BCUT2D eigenvalue weighted by molar-refractivity contribution is 5.94. The third kappa shape index (κ3) is 4.57. The Kier molecular flexibility index (Phi) is 6.16. The molecule has 0 radical (unpaired) electrons. The number of benzene rings is 2. The average Bonchev–Trinajstić information content (AvgIpc) is 2.66. The summed E-state index contributed by atoms with van der Waals surface area (Å²) in [7, 11) is 0. The summed E-state index contributed by atoms with van der Waals surface area (Å²) in [6, 6.07) is 13.6. The molecule has 1 unspecified atom stereocenters. The van der Waals surface area contributed by atoms with Crippen LogP contribution in [0.15, 0.2) is 42.5 Å². The van der Waals surface area contributed by atoms with Gasteiger partial charge in [0.2, 0.25) is 0 Å². The van der Waals surface area contributed by atoms with E-state index in [-0.39, 0.29) is 5.91 Å². The van der Waals surface area contributed by atoms with Crippen molar-refractivity contribution in [3.8, 4) is 11.5 Å². The number of carbonyl (C=O) groups excluding carboxylic acids is 1. The Hall–Kier alpha value is -2.49. The fourth-order valence-corrected chi connectivity index (χ4v) is 3.32. The van der Waals surface area contributed by atoms with E-state index in [0.29, 0.717) is 18.7 Å². The maximum atomic E-state index is 12.6. The third-order valence-electron chi connectivity index (χ3n) is 4.67. The first-order valence-electron chi connectivity index (χ1n) is 9.51. The lowest BCUT2D eigenvalue weighted by Gasteiger charge is -2.20. The van der Waals surface area contributed by atoms with Gasteiger partial charge in [0.15, 0.2) is 6.10 Å². The topological polar surface area (TPSA) is 47.6 Å². The van der Waals surface area contributed by atoms with E-state index >= 15 is 0 Å². The zero-order valence-electron chi connectivity index (χ0n) is 15.6. The minimum Gasteiger partial charge on any atom is -0.494 e. The van der Waals surface area contributed by atoms with Gasteiger partial charge in [-0.25, -0.2) is 0 Å². The number of fused-ring (bicyclic) bond motifs is 1. The first-order valence-corrected chi connectivity index (χ1v) is 9.51. The van der Waals surface area contributed by atoms with Gasteiger partial charge in [-0.15, -0.1) is 0 Å². The van der Waals surface area contributed by atoms with E-state index in [1.54, 1.807) is 0 Å². The van der Waals surface area contributed by atoms with Gasteiger partial charge in [-0.3, -0.25) is 4.79 Å². The second-order valence-corrected chi connectivity index (χ2v) is 6.60. The van der Waals surface area contributed by atoms with Gasteiger partial charge in [0, 0.05) is 11.8 Å². The molecule has 0 saturated carbocycles. The van der Waals surface area contributed by atoms with E-state index in [1.807, 2.05) is 44.2 Å². The quantitative estimate of drug-likeness (QED) is 0.781. The molecule has 4 nitrogen and oxygen atoms in total. The number of hydrogen-bond acceptors (Lipinski definition) is 3. The Balaban J connectivity index is 1.66. The molecular weight excluding hydrogens is 326 g/mol. The SMILES string of the molecule is CCOc1cccc(NC(=O)C(CC)Oc2ccc3c(c2)CCCC3)c1. The van der Waals surface area contributed by atoms with Crippen LogP contribution < -0.4 is 14.8 Å². The predicted octanol–water partition coefficient (Wildman–Crippen LogP) is 4.76. The molecule has 4 heteroatoms. The van der Waals surface area contributed by atoms with E-state index < -0.39 is 6.10 Å². The number of anilines is 1. The van der Waals surface area contributed by atoms with Crippen LogP contribution in [0.25, 0.3) is 0 Å². The van der Waals surface area contributed by atoms with Crippen LogP contribution in [0.1, 0.15) is 44.2 Å². The number of ether oxygens (including phenoxy) is 2. The maximum Gasteiger partial charge on any atom is 0.265 e. The Bertz CT molecular complexity index is 757. The number of aryl methyl sites for hydroxylation is 2. The van der Waals surface area contributed by atoms with E-state index in [1.165, 1.54) is 24.0 Å². The summed E-state index contributed by atoms with van der Waals surface area (Å²) in [5.74, 6) is 1.38. The van der Waals surface area contributed by atoms with Gasteiger partial charge in [-0.05, 0) is 74.4 Å². The minimum absolute atomic E-state index is 0.140. The maximum absolute atomic E-state index is 12.6. The van der Waals surface area contributed by atoms with Gasteiger partial charge in [-0.2, -0.15) is 0 Å². The van der Waals surface area contributed by atoms with Crippen LogP contribution in [-0.4, -0.2) is 18.6 Å². The van der Waals surface area contributed by atoms with Gasteiger partial charge >= 0.3 is 0 Å². The van der Waals surface area contributed by atoms with Crippen LogP contribution in [0, 0.1) is 0 Å². The van der Waals surface area contributed by atoms with Crippen LogP contribution in [0.3, 0.4) is 0 Å². The molecule has 2 aromatic rings. The number of carbonyl (C=O) groups is 1. The molecular formula is C22H27NO3. The fourth-order valence-electron chi connectivity index (χ4n) is 3.32. The van der Waals surface area contributed by atoms with Gasteiger partial charge in [0.25, 0.3) is 5.91 Å². The predicted molar refractivity (Wildman–Crippen MR) is 104 cm³/mol. The molecule has 138 valence electrons. The molecule has 0 saturated heterocycles. The second kappa shape index (κ2) is 8.75. The van der Waals surface area contributed by atoms with Crippen LogP contribution in [-0.2, 0) is 17.6 Å². The smallest absolute Gasteiger partial charge is 0.265 e. The largest absolute Gasteiger partial charge is 0.494 e. The summed E-state index contributed by atoms with van der Waals surface area (Å²) in [6.45, 7) is 4.49. The van der Waals surface area contributed by atoms with Gasteiger partial charge in [0.1, 0.15) is 11.5 Å². The Morgan fingerprint density at radius 1 is 1.04 bits per heavy atom. The van der Waals surface area contributed by atoms with Crippen molar-refractivity contribution in [2.45, 2.75) is 52.1 Å². The highest BCUT2D eigenvalue weighted by Gasteiger charge is 2.20. The second-order valence-electron chi connectivity index (χ2n) is 6.60. The summed E-state index contributed by atoms with van der Waals surface area (Å²) < 4.78 is 11.5. The minimum atomic E-state index is -0.521. The van der Waals surface area contributed by atoms with Crippen LogP contribution in [0.4, 0.5) is 5.69 Å². The lowest BCUT2D eigenvalue weighted by atomic mass is 9.92. The molecule has 1 aliphatic rings. The van der Waals surface area contributed by atoms with Crippen molar-refractivity contribution >= 4 is 11.6 Å². The monoisotopic (exact) mass is 353 g/mol. The molecule has 0 heterocycles. The van der Waals surface area contributed by atoms with Crippen LogP contribution >= 0.6 is 0 Å². The normalized spacial score (nSPS) is 14.2. The molecule has 1 N–H and O–H groups in total. The molecule has 26 heavy (non-hydrogen) atoms. The molecule has 0 bridgehead atoms.